The van der Waals surface area contributed by atoms with Crippen LogP contribution in [0, 0.1) is 11.6 Å². The molecule has 2 aliphatic heterocycles. The Morgan fingerprint density at radius 2 is 1.41 bits per heavy atom. The van der Waals surface area contributed by atoms with Crippen molar-refractivity contribution in [1.82, 2.24) is 14.7 Å². The molecule has 41 heavy (non-hydrogen) atoms. The third-order valence-electron chi connectivity index (χ3n) is 7.74. The monoisotopic (exact) mass is 601 g/mol. The fourth-order valence-corrected chi connectivity index (χ4v) is 7.10. The normalized spacial score (nSPS) is 17.8. The second-order valence-electron chi connectivity index (χ2n) is 10.8. The Kier molecular flexibility index (Phi) is 9.23. The molecule has 0 bridgehead atoms. The van der Waals surface area contributed by atoms with Crippen molar-refractivity contribution in [2.75, 3.05) is 58.7 Å². The predicted octanol–water partition coefficient (Wildman–Crippen LogP) is 4.59. The summed E-state index contributed by atoms with van der Waals surface area (Å²) in [4.78, 5) is 6.81. The van der Waals surface area contributed by atoms with Crippen molar-refractivity contribution < 1.29 is 22.3 Å². The molecule has 0 aromatic heterocycles. The highest BCUT2D eigenvalue weighted by Gasteiger charge is 2.35. The summed E-state index contributed by atoms with van der Waals surface area (Å²) in [5, 5.41) is 9.80. The van der Waals surface area contributed by atoms with Gasteiger partial charge < -0.3 is 5.11 Å². The first-order chi connectivity index (χ1) is 19.6. The van der Waals surface area contributed by atoms with Gasteiger partial charge in [-0.05, 0) is 52.1 Å². The van der Waals surface area contributed by atoms with E-state index >= 15 is 0 Å². The lowest BCUT2D eigenvalue weighted by Crippen LogP contribution is -2.46. The van der Waals surface area contributed by atoms with Crippen LogP contribution in [0.2, 0.25) is 5.02 Å². The fourth-order valence-electron chi connectivity index (χ4n) is 5.77. The summed E-state index contributed by atoms with van der Waals surface area (Å²) < 4.78 is 53.4. The number of benzene rings is 3. The molecule has 1 atom stereocenters. The Bertz CT molecular complexity index is 1480. The van der Waals surface area contributed by atoms with Gasteiger partial charge in [-0.1, -0.05) is 48.0 Å². The van der Waals surface area contributed by atoms with E-state index in [-0.39, 0.29) is 23.1 Å². The standard InChI is InChI=1S/C31H34ClF2N3O3S/c1-41(39,40)31(25-16-28(33)18-29(34)17-25)26-20-37(21-26)30(24-6-8-27(32)9-7-24)23-4-2-22(3-5-23)19-36-12-10-35(11-13-36)14-15-38/h2-9,16-18,30,38H,10-15,19-21H2,1H3. The van der Waals surface area contributed by atoms with E-state index in [9.17, 15) is 22.3 Å². The smallest absolute Gasteiger partial charge is 0.176 e. The van der Waals surface area contributed by atoms with Crippen LogP contribution in [0.4, 0.5) is 8.78 Å². The lowest BCUT2D eigenvalue weighted by atomic mass is 9.91. The molecule has 6 nitrogen and oxygen atoms in total. The van der Waals surface area contributed by atoms with Crippen LogP contribution in [0.5, 0.6) is 0 Å². The Labute approximate surface area is 245 Å². The number of aliphatic hydroxyl groups is 1. The van der Waals surface area contributed by atoms with E-state index in [4.69, 9.17) is 11.6 Å². The number of piperazine rings is 1. The molecule has 2 saturated heterocycles. The summed E-state index contributed by atoms with van der Waals surface area (Å²) in [6.45, 7) is 6.22. The number of likely N-dealkylation sites (tertiary alicyclic amines) is 1. The quantitative estimate of drug-likeness (QED) is 0.387. The third kappa shape index (κ3) is 7.23. The summed E-state index contributed by atoms with van der Waals surface area (Å²) in [6, 6.07) is 18.8. The largest absolute Gasteiger partial charge is 0.395 e. The van der Waals surface area contributed by atoms with Crippen LogP contribution in [0.25, 0.3) is 4.91 Å². The maximum absolute atomic E-state index is 14.0. The molecular weight excluding hydrogens is 568 g/mol. The number of hydrogen-bond donors (Lipinski definition) is 1. The summed E-state index contributed by atoms with van der Waals surface area (Å²) in [6.07, 6.45) is 1.07. The van der Waals surface area contributed by atoms with Gasteiger partial charge in [-0.3, -0.25) is 14.7 Å². The minimum atomic E-state index is -3.74. The fraction of sp³-hybridized carbons (Fsp3) is 0.355. The Balaban J connectivity index is 1.38. The SMILES string of the molecule is CS(=O)(=O)C(=C1CN(C(c2ccc(Cl)cc2)c2ccc(CN3CCN(CCO)CC3)cc2)C1)c1cc(F)cc(F)c1. The van der Waals surface area contributed by atoms with E-state index in [0.29, 0.717) is 30.2 Å². The molecule has 0 spiro atoms. The first kappa shape index (κ1) is 29.8. The Hall–Kier alpha value is -2.66. The van der Waals surface area contributed by atoms with Crippen LogP contribution in [0.3, 0.4) is 0 Å². The van der Waals surface area contributed by atoms with Crippen molar-refractivity contribution in [2.24, 2.45) is 0 Å². The zero-order chi connectivity index (χ0) is 29.1. The molecule has 0 saturated carbocycles. The topological polar surface area (TPSA) is 64.1 Å². The molecular formula is C31H34ClF2N3O3S. The van der Waals surface area contributed by atoms with Crippen LogP contribution < -0.4 is 0 Å². The minimum absolute atomic E-state index is 0.0172. The van der Waals surface area contributed by atoms with E-state index in [1.807, 2.05) is 24.3 Å². The van der Waals surface area contributed by atoms with Gasteiger partial charge in [0.05, 0.1) is 17.6 Å². The summed E-state index contributed by atoms with van der Waals surface area (Å²) in [7, 11) is -3.74. The molecule has 0 radical (unpaired) electrons. The number of halogens is 3. The van der Waals surface area contributed by atoms with Crippen molar-refractivity contribution in [3.63, 3.8) is 0 Å². The molecule has 2 heterocycles. The highest BCUT2D eigenvalue weighted by molar-refractivity contribution is 8.00. The van der Waals surface area contributed by atoms with Gasteiger partial charge >= 0.3 is 0 Å². The zero-order valence-corrected chi connectivity index (χ0v) is 24.5. The van der Waals surface area contributed by atoms with Gasteiger partial charge in [-0.2, -0.15) is 0 Å². The minimum Gasteiger partial charge on any atom is -0.395 e. The van der Waals surface area contributed by atoms with Gasteiger partial charge in [-0.25, -0.2) is 17.2 Å². The Morgan fingerprint density at radius 3 is 1.95 bits per heavy atom. The van der Waals surface area contributed by atoms with Gasteiger partial charge in [0.15, 0.2) is 9.84 Å². The van der Waals surface area contributed by atoms with E-state index in [2.05, 4.69) is 39.0 Å². The van der Waals surface area contributed by atoms with Crippen molar-refractivity contribution in [1.29, 1.82) is 0 Å². The molecule has 10 heteroatoms. The molecule has 1 unspecified atom stereocenters. The number of sulfone groups is 1. The van der Waals surface area contributed by atoms with Crippen LogP contribution in [-0.4, -0.2) is 86.9 Å². The summed E-state index contributed by atoms with van der Waals surface area (Å²) in [5.41, 5.74) is 3.92. The van der Waals surface area contributed by atoms with Gasteiger partial charge in [0.25, 0.3) is 0 Å². The van der Waals surface area contributed by atoms with Gasteiger partial charge in [0.2, 0.25) is 0 Å². The van der Waals surface area contributed by atoms with Crippen molar-refractivity contribution in [2.45, 2.75) is 12.6 Å². The molecule has 3 aromatic carbocycles. The molecule has 2 fully saturated rings. The maximum Gasteiger partial charge on any atom is 0.176 e. The average molecular weight is 602 g/mol. The van der Waals surface area contributed by atoms with Gasteiger partial charge in [-0.15, -0.1) is 0 Å². The molecule has 0 aliphatic carbocycles. The average Bonchev–Trinajstić information content (AvgIpc) is 2.89. The van der Waals surface area contributed by atoms with Crippen LogP contribution in [0.1, 0.15) is 28.3 Å². The summed E-state index contributed by atoms with van der Waals surface area (Å²) >= 11 is 6.17. The first-order valence-corrected chi connectivity index (χ1v) is 15.9. The summed E-state index contributed by atoms with van der Waals surface area (Å²) in [5.74, 6) is -1.63. The molecule has 0 amide bonds. The molecule has 5 rings (SSSR count). The number of nitrogens with zero attached hydrogens (tertiary/aromatic N) is 3. The highest BCUT2D eigenvalue weighted by Crippen LogP contribution is 2.39. The number of rotatable bonds is 9. The van der Waals surface area contributed by atoms with Crippen LogP contribution >= 0.6 is 11.6 Å². The maximum atomic E-state index is 14.0. The van der Waals surface area contributed by atoms with E-state index < -0.39 is 21.5 Å². The second kappa shape index (κ2) is 12.7. The first-order valence-electron chi connectivity index (χ1n) is 13.6. The Morgan fingerprint density at radius 1 is 0.878 bits per heavy atom. The predicted molar refractivity (Wildman–Crippen MR) is 158 cm³/mol. The number of β-amino-alcohol motifs (C(OH)–C–C–N with tert-alkyl or cyclic N) is 1. The van der Waals surface area contributed by atoms with Crippen molar-refractivity contribution in [3.8, 4) is 0 Å². The lowest BCUT2D eigenvalue weighted by molar-refractivity contribution is 0.108. The molecule has 3 aromatic rings. The number of aliphatic hydroxyl groups excluding tert-OH is 1. The van der Waals surface area contributed by atoms with Crippen LogP contribution in [-0.2, 0) is 16.4 Å². The van der Waals surface area contributed by atoms with E-state index in [1.165, 1.54) is 5.56 Å². The highest BCUT2D eigenvalue weighted by atomic mass is 35.5. The van der Waals surface area contributed by atoms with E-state index in [1.54, 1.807) is 0 Å². The molecule has 218 valence electrons. The third-order valence-corrected chi connectivity index (χ3v) is 9.26. The van der Waals surface area contributed by atoms with E-state index in [0.717, 1.165) is 68.3 Å². The van der Waals surface area contributed by atoms with Gasteiger partial charge in [0.1, 0.15) is 11.6 Å². The second-order valence-corrected chi connectivity index (χ2v) is 13.2. The zero-order valence-electron chi connectivity index (χ0n) is 22.9. The lowest BCUT2D eigenvalue weighted by Gasteiger charge is -2.42. The van der Waals surface area contributed by atoms with Crippen molar-refractivity contribution in [3.05, 3.63) is 111 Å². The van der Waals surface area contributed by atoms with Crippen LogP contribution in [0.15, 0.2) is 72.3 Å². The molecule has 1 N–H and O–H groups in total. The molecule has 2 aliphatic rings. The number of hydrogen-bond acceptors (Lipinski definition) is 6. The van der Waals surface area contributed by atoms with Crippen molar-refractivity contribution >= 4 is 26.3 Å². The van der Waals surface area contributed by atoms with Gasteiger partial charge in [0, 0.05) is 69.7 Å².